The minimum atomic E-state index is -0.614. The Labute approximate surface area is 179 Å². The van der Waals surface area contributed by atoms with Gasteiger partial charge in [0.05, 0.1) is 6.04 Å². The molecule has 0 bridgehead atoms. The van der Waals surface area contributed by atoms with Crippen molar-refractivity contribution in [3.8, 4) is 0 Å². The molecule has 150 valence electrons. The molecule has 0 radical (unpaired) electrons. The van der Waals surface area contributed by atoms with Crippen LogP contribution in [0.4, 0.5) is 0 Å². The number of alkyl halides is 3. The van der Waals surface area contributed by atoms with E-state index in [2.05, 4.69) is 4.98 Å². The fraction of sp³-hybridized carbons (Fsp3) is 0.722. The third-order valence-corrected chi connectivity index (χ3v) is 7.89. The SMILES string of the molecule is CC(CC(=O)N(C)C1CC(CCl)C2CCC(c3nccs3)N2C1=O)C(Cl)Cl. The van der Waals surface area contributed by atoms with Crippen LogP contribution in [0, 0.1) is 11.8 Å². The Morgan fingerprint density at radius 3 is 2.78 bits per heavy atom. The van der Waals surface area contributed by atoms with E-state index >= 15 is 0 Å². The lowest BCUT2D eigenvalue weighted by Crippen LogP contribution is -2.58. The lowest BCUT2D eigenvalue weighted by atomic mass is 9.86. The normalized spacial score (nSPS) is 29.1. The van der Waals surface area contributed by atoms with Gasteiger partial charge in [0.1, 0.15) is 15.9 Å². The Hall–Kier alpha value is -0.560. The third kappa shape index (κ3) is 4.24. The maximum Gasteiger partial charge on any atom is 0.246 e. The molecule has 1 aromatic rings. The molecule has 27 heavy (non-hydrogen) atoms. The van der Waals surface area contributed by atoms with E-state index in [0.29, 0.717) is 12.3 Å². The minimum Gasteiger partial charge on any atom is -0.334 e. The van der Waals surface area contributed by atoms with Gasteiger partial charge < -0.3 is 9.80 Å². The average Bonchev–Trinajstić information content (AvgIpc) is 3.30. The molecule has 0 saturated carbocycles. The summed E-state index contributed by atoms with van der Waals surface area (Å²) in [4.78, 5) is 33.4. The molecular formula is C18H24Cl3N3O2S. The van der Waals surface area contributed by atoms with E-state index in [4.69, 9.17) is 34.8 Å². The second-order valence-electron chi connectivity index (χ2n) is 7.46. The lowest BCUT2D eigenvalue weighted by Gasteiger charge is -2.44. The first-order chi connectivity index (χ1) is 12.8. The summed E-state index contributed by atoms with van der Waals surface area (Å²) in [6.45, 7) is 1.83. The maximum absolute atomic E-state index is 13.4. The molecule has 2 aliphatic rings. The molecule has 0 spiro atoms. The minimum absolute atomic E-state index is 0.00383. The van der Waals surface area contributed by atoms with Crippen LogP contribution in [0.2, 0.25) is 0 Å². The van der Waals surface area contributed by atoms with E-state index in [1.165, 1.54) is 0 Å². The van der Waals surface area contributed by atoms with Gasteiger partial charge in [-0.15, -0.1) is 46.1 Å². The second kappa shape index (κ2) is 8.85. The van der Waals surface area contributed by atoms with Gasteiger partial charge in [0.2, 0.25) is 11.8 Å². The Morgan fingerprint density at radius 2 is 2.19 bits per heavy atom. The highest BCUT2D eigenvalue weighted by molar-refractivity contribution is 7.09. The van der Waals surface area contributed by atoms with Gasteiger partial charge in [-0.05, 0) is 31.1 Å². The van der Waals surface area contributed by atoms with Gasteiger partial charge in [-0.1, -0.05) is 6.92 Å². The number of aromatic nitrogens is 1. The van der Waals surface area contributed by atoms with Gasteiger partial charge >= 0.3 is 0 Å². The van der Waals surface area contributed by atoms with Gasteiger partial charge in [-0.3, -0.25) is 9.59 Å². The Bertz CT molecular complexity index is 673. The van der Waals surface area contributed by atoms with Gasteiger partial charge in [0.15, 0.2) is 0 Å². The van der Waals surface area contributed by atoms with Crippen LogP contribution >= 0.6 is 46.1 Å². The van der Waals surface area contributed by atoms with Crippen molar-refractivity contribution in [2.45, 2.75) is 55.6 Å². The third-order valence-electron chi connectivity index (χ3n) is 5.76. The van der Waals surface area contributed by atoms with E-state index in [1.54, 1.807) is 29.5 Å². The number of hydrogen-bond acceptors (Lipinski definition) is 4. The number of rotatable bonds is 6. The molecule has 9 heteroatoms. The van der Waals surface area contributed by atoms with Crippen LogP contribution in [0.3, 0.4) is 0 Å². The molecule has 0 aromatic carbocycles. The molecule has 5 nitrogen and oxygen atoms in total. The summed E-state index contributed by atoms with van der Waals surface area (Å²) < 4.78 is 0. The summed E-state index contributed by atoms with van der Waals surface area (Å²) in [5.74, 6) is 0.341. The molecule has 5 atom stereocenters. The monoisotopic (exact) mass is 451 g/mol. The zero-order valence-corrected chi connectivity index (χ0v) is 18.4. The summed E-state index contributed by atoms with van der Waals surface area (Å²) in [6.07, 6.45) is 4.39. The summed E-state index contributed by atoms with van der Waals surface area (Å²) in [7, 11) is 1.69. The van der Waals surface area contributed by atoms with Crippen LogP contribution in [-0.2, 0) is 9.59 Å². The highest BCUT2D eigenvalue weighted by Gasteiger charge is 2.50. The number of piperidine rings is 1. The molecule has 0 aliphatic carbocycles. The predicted octanol–water partition coefficient (Wildman–Crippen LogP) is 4.09. The fourth-order valence-corrected chi connectivity index (χ4v) is 5.43. The summed E-state index contributed by atoms with van der Waals surface area (Å²) >= 11 is 19.6. The van der Waals surface area contributed by atoms with Crippen molar-refractivity contribution < 1.29 is 9.59 Å². The van der Waals surface area contributed by atoms with Crippen molar-refractivity contribution in [1.82, 2.24) is 14.8 Å². The Balaban J connectivity index is 1.80. The van der Waals surface area contributed by atoms with Crippen LogP contribution in [0.1, 0.15) is 43.7 Å². The first-order valence-corrected chi connectivity index (χ1v) is 11.4. The standard InChI is InChI=1S/C18H24Cl3N3O2S/c1-10(16(20)21)7-15(25)23(2)14-8-11(9-19)12-3-4-13(24(12)18(14)26)17-22-5-6-27-17/h5-6,10-14,16H,3-4,7-9H2,1-2H3. The first kappa shape index (κ1) is 21.2. The van der Waals surface area contributed by atoms with Gasteiger partial charge in [-0.2, -0.15) is 0 Å². The average molecular weight is 453 g/mol. The molecule has 2 fully saturated rings. The molecule has 3 rings (SSSR count). The largest absolute Gasteiger partial charge is 0.334 e. The van der Waals surface area contributed by atoms with Crippen LogP contribution < -0.4 is 0 Å². The number of carbonyl (C=O) groups excluding carboxylic acids is 2. The molecule has 2 aliphatic heterocycles. The van der Waals surface area contributed by atoms with E-state index in [-0.39, 0.29) is 42.2 Å². The van der Waals surface area contributed by atoms with E-state index in [0.717, 1.165) is 17.8 Å². The number of likely N-dealkylation sites (N-methyl/N-ethyl adjacent to an activating group) is 1. The first-order valence-electron chi connectivity index (χ1n) is 9.16. The topological polar surface area (TPSA) is 53.5 Å². The number of thiazole rings is 1. The van der Waals surface area contributed by atoms with Crippen LogP contribution in [-0.4, -0.2) is 56.4 Å². The summed E-state index contributed by atoms with van der Waals surface area (Å²) in [6, 6.07) is -0.402. The number of halogens is 3. The van der Waals surface area contributed by atoms with Crippen LogP contribution in [0.25, 0.3) is 0 Å². The molecular weight excluding hydrogens is 429 g/mol. The molecule has 2 amide bonds. The summed E-state index contributed by atoms with van der Waals surface area (Å²) in [5.41, 5.74) is 0. The predicted molar refractivity (Wildman–Crippen MR) is 109 cm³/mol. The van der Waals surface area contributed by atoms with Gasteiger partial charge in [0.25, 0.3) is 0 Å². The highest BCUT2D eigenvalue weighted by Crippen LogP contribution is 2.45. The van der Waals surface area contributed by atoms with E-state index in [9.17, 15) is 9.59 Å². The molecule has 3 heterocycles. The zero-order valence-electron chi connectivity index (χ0n) is 15.4. The number of nitrogens with zero attached hydrogens (tertiary/aromatic N) is 3. The van der Waals surface area contributed by atoms with Crippen molar-refractivity contribution in [1.29, 1.82) is 0 Å². The van der Waals surface area contributed by atoms with Crippen LogP contribution in [0.15, 0.2) is 11.6 Å². The van der Waals surface area contributed by atoms with E-state index < -0.39 is 10.9 Å². The number of fused-ring (bicyclic) bond motifs is 1. The molecule has 2 saturated heterocycles. The van der Waals surface area contributed by atoms with Gasteiger partial charge in [0, 0.05) is 37.0 Å². The summed E-state index contributed by atoms with van der Waals surface area (Å²) in [5, 5.41) is 2.88. The molecule has 0 N–H and O–H groups in total. The lowest BCUT2D eigenvalue weighted by molar-refractivity contribution is -0.152. The number of amides is 2. The van der Waals surface area contributed by atoms with Crippen molar-refractivity contribution in [2.75, 3.05) is 12.9 Å². The maximum atomic E-state index is 13.4. The Kier molecular flexibility index (Phi) is 6.93. The fourth-order valence-electron chi connectivity index (χ4n) is 4.15. The van der Waals surface area contributed by atoms with Crippen molar-refractivity contribution in [3.63, 3.8) is 0 Å². The van der Waals surface area contributed by atoms with Gasteiger partial charge in [-0.25, -0.2) is 4.98 Å². The van der Waals surface area contributed by atoms with Crippen molar-refractivity contribution >= 4 is 58.0 Å². The Morgan fingerprint density at radius 1 is 1.44 bits per heavy atom. The highest BCUT2D eigenvalue weighted by atomic mass is 35.5. The quantitative estimate of drug-likeness (QED) is 0.611. The number of carbonyl (C=O) groups is 2. The van der Waals surface area contributed by atoms with E-state index in [1.807, 2.05) is 17.2 Å². The molecule has 1 aromatic heterocycles. The van der Waals surface area contributed by atoms with Crippen LogP contribution in [0.5, 0.6) is 0 Å². The molecule has 5 unspecified atom stereocenters. The van der Waals surface area contributed by atoms with Crippen molar-refractivity contribution in [3.05, 3.63) is 16.6 Å². The van der Waals surface area contributed by atoms with Crippen molar-refractivity contribution in [2.24, 2.45) is 11.8 Å². The zero-order chi connectivity index (χ0) is 19.7. The smallest absolute Gasteiger partial charge is 0.246 e. The number of hydrogen-bond donors (Lipinski definition) is 0. The second-order valence-corrected chi connectivity index (χ2v) is 9.86.